The van der Waals surface area contributed by atoms with Crippen LogP contribution in [-0.2, 0) is 0 Å². The molecule has 5 nitrogen and oxygen atoms in total. The van der Waals surface area contributed by atoms with Crippen LogP contribution in [0.2, 0.25) is 0 Å². The van der Waals surface area contributed by atoms with E-state index in [2.05, 4.69) is 21.2 Å². The van der Waals surface area contributed by atoms with E-state index in [1.165, 1.54) is 12.8 Å². The van der Waals surface area contributed by atoms with Gasteiger partial charge in [0.1, 0.15) is 11.5 Å². The number of aromatic amines is 1. The van der Waals surface area contributed by atoms with Crippen LogP contribution in [0.3, 0.4) is 0 Å². The van der Waals surface area contributed by atoms with Gasteiger partial charge >= 0.3 is 0 Å². The van der Waals surface area contributed by atoms with Crippen molar-refractivity contribution in [2.75, 3.05) is 0 Å². The van der Waals surface area contributed by atoms with Crippen LogP contribution in [0.5, 0.6) is 0 Å². The first-order valence-corrected chi connectivity index (χ1v) is 5.75. The quantitative estimate of drug-likeness (QED) is 0.725. The summed E-state index contributed by atoms with van der Waals surface area (Å²) in [6.45, 7) is 0. The molecule has 1 saturated carbocycles. The fraction of sp³-hybridized carbons (Fsp3) is 0.250. The van der Waals surface area contributed by atoms with Crippen molar-refractivity contribution in [2.45, 2.75) is 18.8 Å². The zero-order valence-electron chi connectivity index (χ0n) is 9.17. The van der Waals surface area contributed by atoms with Gasteiger partial charge in [0, 0.05) is 36.3 Å². The molecule has 1 aliphatic rings. The van der Waals surface area contributed by atoms with E-state index in [9.17, 15) is 0 Å². The number of hydrogen-bond donors (Lipinski definition) is 1. The van der Waals surface area contributed by atoms with Crippen molar-refractivity contribution < 1.29 is 0 Å². The van der Waals surface area contributed by atoms with Crippen molar-refractivity contribution >= 4 is 5.65 Å². The van der Waals surface area contributed by atoms with Crippen molar-refractivity contribution in [2.24, 2.45) is 0 Å². The summed E-state index contributed by atoms with van der Waals surface area (Å²) in [5.74, 6) is 1.54. The molecule has 0 unspecified atom stereocenters. The average molecular weight is 225 g/mol. The first-order chi connectivity index (χ1) is 8.42. The summed E-state index contributed by atoms with van der Waals surface area (Å²) in [6, 6.07) is 2.08. The number of fused-ring (bicyclic) bond motifs is 1. The van der Waals surface area contributed by atoms with Crippen LogP contribution in [0, 0.1) is 0 Å². The van der Waals surface area contributed by atoms with Gasteiger partial charge in [0.2, 0.25) is 0 Å². The Morgan fingerprint density at radius 1 is 1.35 bits per heavy atom. The lowest BCUT2D eigenvalue weighted by Crippen LogP contribution is -1.98. The van der Waals surface area contributed by atoms with Crippen molar-refractivity contribution in [3.63, 3.8) is 0 Å². The summed E-state index contributed by atoms with van der Waals surface area (Å²) in [7, 11) is 0. The molecule has 0 aliphatic heterocycles. The molecule has 0 spiro atoms. The third-order valence-corrected chi connectivity index (χ3v) is 3.16. The summed E-state index contributed by atoms with van der Waals surface area (Å²) in [6.07, 6.45) is 9.87. The lowest BCUT2D eigenvalue weighted by molar-refractivity contribution is 0.977. The normalized spacial score (nSPS) is 15.5. The number of H-pyrrole nitrogens is 1. The van der Waals surface area contributed by atoms with Crippen LogP contribution < -0.4 is 0 Å². The number of hydrogen-bond acceptors (Lipinski definition) is 3. The molecule has 3 aromatic rings. The van der Waals surface area contributed by atoms with Gasteiger partial charge in [-0.15, -0.1) is 0 Å². The number of nitrogens with zero attached hydrogens (tertiary/aromatic N) is 4. The number of rotatable bonds is 2. The molecule has 5 heteroatoms. The Balaban J connectivity index is 2.01. The molecule has 17 heavy (non-hydrogen) atoms. The van der Waals surface area contributed by atoms with Crippen molar-refractivity contribution in [3.05, 3.63) is 36.5 Å². The highest BCUT2D eigenvalue weighted by Gasteiger charge is 2.26. The molecule has 0 radical (unpaired) electrons. The number of imidazole rings is 1. The maximum Gasteiger partial charge on any atom is 0.149 e. The number of nitrogens with one attached hydrogen (secondary N) is 1. The largest absolute Gasteiger partial charge is 0.285 e. The highest BCUT2D eigenvalue weighted by molar-refractivity contribution is 5.58. The predicted octanol–water partition coefficient (Wildman–Crippen LogP) is 2.00. The first kappa shape index (κ1) is 8.92. The predicted molar refractivity (Wildman–Crippen MR) is 62.5 cm³/mol. The van der Waals surface area contributed by atoms with Gasteiger partial charge in [0.25, 0.3) is 0 Å². The van der Waals surface area contributed by atoms with Crippen LogP contribution in [0.4, 0.5) is 0 Å². The molecule has 1 fully saturated rings. The third kappa shape index (κ3) is 1.35. The van der Waals surface area contributed by atoms with E-state index in [0.717, 1.165) is 22.7 Å². The van der Waals surface area contributed by atoms with Gasteiger partial charge in [-0.3, -0.25) is 9.50 Å². The molecular weight excluding hydrogens is 214 g/mol. The van der Waals surface area contributed by atoms with Crippen LogP contribution in [-0.4, -0.2) is 24.6 Å². The van der Waals surface area contributed by atoms with Crippen molar-refractivity contribution in [3.8, 4) is 11.4 Å². The molecular formula is C12H11N5. The lowest BCUT2D eigenvalue weighted by atomic mass is 10.2. The van der Waals surface area contributed by atoms with Gasteiger partial charge in [-0.2, -0.15) is 5.10 Å². The summed E-state index contributed by atoms with van der Waals surface area (Å²) in [4.78, 5) is 9.09. The Labute approximate surface area is 97.5 Å². The Bertz CT molecular complexity index is 663. The van der Waals surface area contributed by atoms with E-state index < -0.39 is 0 Å². The fourth-order valence-corrected chi connectivity index (χ4v) is 2.11. The van der Waals surface area contributed by atoms with E-state index in [4.69, 9.17) is 4.98 Å². The monoisotopic (exact) mass is 225 g/mol. The summed E-state index contributed by atoms with van der Waals surface area (Å²) < 4.78 is 2.00. The van der Waals surface area contributed by atoms with Crippen LogP contribution in [0.1, 0.15) is 24.5 Å². The van der Waals surface area contributed by atoms with Gasteiger partial charge in [0.05, 0.1) is 11.8 Å². The molecule has 0 bridgehead atoms. The van der Waals surface area contributed by atoms with Gasteiger partial charge in [-0.05, 0) is 12.8 Å². The summed E-state index contributed by atoms with van der Waals surface area (Å²) in [5.41, 5.74) is 3.11. The maximum absolute atomic E-state index is 4.74. The van der Waals surface area contributed by atoms with Crippen LogP contribution >= 0.6 is 0 Å². The minimum absolute atomic E-state index is 0.627. The summed E-state index contributed by atoms with van der Waals surface area (Å²) >= 11 is 0. The SMILES string of the molecule is c1cn2c(-c3cn[nH]c3)nc(C3CC3)cc2n1. The number of aromatic nitrogens is 5. The van der Waals surface area contributed by atoms with E-state index in [-0.39, 0.29) is 0 Å². The standard InChI is InChI=1S/C12H11N5/c1-2-8(1)10-5-11-13-3-4-17(11)12(16-10)9-6-14-15-7-9/h3-8H,1-2H2,(H,14,15). The second-order valence-electron chi connectivity index (χ2n) is 4.42. The van der Waals surface area contributed by atoms with E-state index in [1.54, 1.807) is 12.4 Å². The smallest absolute Gasteiger partial charge is 0.149 e. The van der Waals surface area contributed by atoms with Crippen molar-refractivity contribution in [1.29, 1.82) is 0 Å². The molecule has 3 heterocycles. The minimum Gasteiger partial charge on any atom is -0.285 e. The molecule has 84 valence electrons. The van der Waals surface area contributed by atoms with Gasteiger partial charge < -0.3 is 0 Å². The fourth-order valence-electron chi connectivity index (χ4n) is 2.11. The Kier molecular flexibility index (Phi) is 1.66. The average Bonchev–Trinajstić information content (AvgIpc) is 2.89. The molecule has 0 amide bonds. The van der Waals surface area contributed by atoms with E-state index >= 15 is 0 Å². The van der Waals surface area contributed by atoms with Crippen LogP contribution in [0.15, 0.2) is 30.9 Å². The second-order valence-corrected chi connectivity index (χ2v) is 4.42. The molecule has 0 atom stereocenters. The first-order valence-electron chi connectivity index (χ1n) is 5.75. The maximum atomic E-state index is 4.74. The molecule has 3 aromatic heterocycles. The molecule has 0 saturated heterocycles. The van der Waals surface area contributed by atoms with Gasteiger partial charge in [0.15, 0.2) is 0 Å². The second kappa shape index (κ2) is 3.16. The third-order valence-electron chi connectivity index (χ3n) is 3.16. The minimum atomic E-state index is 0.627. The highest BCUT2D eigenvalue weighted by Crippen LogP contribution is 2.39. The van der Waals surface area contributed by atoms with Crippen molar-refractivity contribution in [1.82, 2.24) is 24.6 Å². The topological polar surface area (TPSA) is 58.9 Å². The van der Waals surface area contributed by atoms with Gasteiger partial charge in [-0.1, -0.05) is 0 Å². The Morgan fingerprint density at radius 3 is 3.06 bits per heavy atom. The molecule has 1 N–H and O–H groups in total. The zero-order chi connectivity index (χ0) is 11.2. The van der Waals surface area contributed by atoms with Crippen LogP contribution in [0.25, 0.3) is 17.0 Å². The highest BCUT2D eigenvalue weighted by atomic mass is 15.1. The summed E-state index contributed by atoms with van der Waals surface area (Å²) in [5, 5.41) is 6.81. The molecule has 4 rings (SSSR count). The van der Waals surface area contributed by atoms with Gasteiger partial charge in [-0.25, -0.2) is 9.97 Å². The molecule has 0 aromatic carbocycles. The zero-order valence-corrected chi connectivity index (χ0v) is 9.17. The van der Waals surface area contributed by atoms with E-state index in [1.807, 2.05) is 16.8 Å². The Hall–Kier alpha value is -2.17. The lowest BCUT2D eigenvalue weighted by Gasteiger charge is -2.05. The molecule has 1 aliphatic carbocycles. The van der Waals surface area contributed by atoms with E-state index in [0.29, 0.717) is 5.92 Å². The Morgan fingerprint density at radius 2 is 2.29 bits per heavy atom.